The molecule has 1 atom stereocenters. The zero-order chi connectivity index (χ0) is 25.1. The number of hydrogen-bond acceptors (Lipinski definition) is 8. The summed E-state index contributed by atoms with van der Waals surface area (Å²) in [7, 11) is -7.92. The Labute approximate surface area is 220 Å². The molecule has 2 aromatic heterocycles. The summed E-state index contributed by atoms with van der Waals surface area (Å²) in [4.78, 5) is 17.1. The van der Waals surface area contributed by atoms with Gasteiger partial charge in [0.2, 0.25) is 10.0 Å². The average Bonchev–Trinajstić information content (AvgIpc) is 3.39. The fourth-order valence-corrected chi connectivity index (χ4v) is 8.32. The lowest BCUT2D eigenvalue weighted by Gasteiger charge is -2.38. The fraction of sp³-hybridized carbons (Fsp3) is 0.273. The molecule has 3 aromatic rings. The lowest BCUT2D eigenvalue weighted by molar-refractivity contribution is -0.134. The van der Waals surface area contributed by atoms with Crippen molar-refractivity contribution in [2.75, 3.05) is 25.4 Å². The quantitative estimate of drug-likeness (QED) is 0.311. The topological polar surface area (TPSA) is 137 Å². The Morgan fingerprint density at radius 3 is 2.39 bits per heavy atom. The highest BCUT2D eigenvalue weighted by Gasteiger charge is 2.43. The molecule has 1 amide bonds. The van der Waals surface area contributed by atoms with Crippen LogP contribution in [0.2, 0.25) is 0 Å². The van der Waals surface area contributed by atoms with Gasteiger partial charge in [-0.3, -0.25) is 15.0 Å². The van der Waals surface area contributed by atoms with Gasteiger partial charge in [-0.1, -0.05) is 30.3 Å². The molecule has 194 valence electrons. The third-order valence-electron chi connectivity index (χ3n) is 5.70. The number of nitrogens with zero attached hydrogens (tertiary/aromatic N) is 3. The number of rotatable bonds is 8. The summed E-state index contributed by atoms with van der Waals surface area (Å²) in [5.74, 6) is -1.20. The molecule has 0 aliphatic carbocycles. The van der Waals surface area contributed by atoms with Gasteiger partial charge in [-0.2, -0.15) is 8.61 Å². The van der Waals surface area contributed by atoms with Crippen molar-refractivity contribution in [2.45, 2.75) is 16.7 Å². The number of hydroxylamine groups is 1. The maximum absolute atomic E-state index is 13.4. The van der Waals surface area contributed by atoms with Crippen molar-refractivity contribution in [1.29, 1.82) is 0 Å². The molecule has 0 spiro atoms. The van der Waals surface area contributed by atoms with Gasteiger partial charge in [0.25, 0.3) is 15.9 Å². The molecule has 1 aromatic carbocycles. The molecule has 0 saturated carbocycles. The number of carbonyl (C=O) groups is 1. The molecule has 0 unspecified atom stereocenters. The van der Waals surface area contributed by atoms with E-state index in [-0.39, 0.29) is 41.9 Å². The van der Waals surface area contributed by atoms with Crippen LogP contribution < -0.4 is 5.48 Å². The Kier molecular flexibility index (Phi) is 9.22. The van der Waals surface area contributed by atoms with Gasteiger partial charge >= 0.3 is 0 Å². The van der Waals surface area contributed by atoms with Crippen molar-refractivity contribution >= 4 is 49.7 Å². The molecule has 3 heterocycles. The second-order valence-electron chi connectivity index (χ2n) is 7.87. The number of amides is 1. The van der Waals surface area contributed by atoms with Crippen LogP contribution in [0, 0.1) is 0 Å². The van der Waals surface area contributed by atoms with Gasteiger partial charge in [0, 0.05) is 36.9 Å². The van der Waals surface area contributed by atoms with E-state index in [0.29, 0.717) is 0 Å². The molecule has 2 N–H and O–H groups in total. The van der Waals surface area contributed by atoms with Gasteiger partial charge in [-0.05, 0) is 41.8 Å². The second-order valence-corrected chi connectivity index (χ2v) is 13.2. The number of piperazine rings is 1. The van der Waals surface area contributed by atoms with Crippen LogP contribution in [0.4, 0.5) is 0 Å². The van der Waals surface area contributed by atoms with Crippen molar-refractivity contribution in [1.82, 2.24) is 19.1 Å². The lowest BCUT2D eigenvalue weighted by Crippen LogP contribution is -2.61. The number of carbonyl (C=O) groups excluding carboxylic acids is 1. The molecule has 0 bridgehead atoms. The van der Waals surface area contributed by atoms with Crippen molar-refractivity contribution in [3.8, 4) is 10.4 Å². The Hall–Kier alpha value is -2.39. The minimum Gasteiger partial charge on any atom is -0.289 e. The zero-order valence-electron chi connectivity index (χ0n) is 18.9. The number of aromatic nitrogens is 1. The van der Waals surface area contributed by atoms with Gasteiger partial charge in [-0.15, -0.1) is 23.7 Å². The van der Waals surface area contributed by atoms with Gasteiger partial charge in [0.15, 0.2) is 0 Å². The molecular weight excluding hydrogens is 548 g/mol. The summed E-state index contributed by atoms with van der Waals surface area (Å²) in [5, 5.41) is 9.24. The molecule has 4 rings (SSSR count). The van der Waals surface area contributed by atoms with E-state index in [0.717, 1.165) is 36.0 Å². The van der Waals surface area contributed by atoms with Gasteiger partial charge in [0.1, 0.15) is 10.3 Å². The van der Waals surface area contributed by atoms with Gasteiger partial charge in [0.05, 0.1) is 5.75 Å². The fourth-order valence-electron chi connectivity index (χ4n) is 3.83. The van der Waals surface area contributed by atoms with Crippen LogP contribution in [0.1, 0.15) is 5.56 Å². The summed E-state index contributed by atoms with van der Waals surface area (Å²) >= 11 is 1.06. The van der Waals surface area contributed by atoms with Crippen LogP contribution in [-0.2, 0) is 31.3 Å². The van der Waals surface area contributed by atoms with E-state index in [1.807, 2.05) is 30.3 Å². The van der Waals surface area contributed by atoms with E-state index in [1.54, 1.807) is 30.6 Å². The Morgan fingerprint density at radius 1 is 1.03 bits per heavy atom. The average molecular weight is 573 g/mol. The number of thiophene rings is 1. The number of hydrogen-bond donors (Lipinski definition) is 2. The minimum absolute atomic E-state index is 0. The molecule has 36 heavy (non-hydrogen) atoms. The van der Waals surface area contributed by atoms with E-state index in [9.17, 15) is 26.8 Å². The normalized spacial score (nSPS) is 17.3. The second kappa shape index (κ2) is 11.8. The highest BCUT2D eigenvalue weighted by Crippen LogP contribution is 2.33. The molecule has 1 fully saturated rings. The zero-order valence-corrected chi connectivity index (χ0v) is 22.2. The van der Waals surface area contributed by atoms with E-state index >= 15 is 0 Å². The minimum atomic E-state index is -4.13. The van der Waals surface area contributed by atoms with Gasteiger partial charge in [-0.25, -0.2) is 22.3 Å². The largest absolute Gasteiger partial charge is 0.289 e. The predicted octanol–water partition coefficient (Wildman–Crippen LogP) is 1.98. The van der Waals surface area contributed by atoms with Crippen molar-refractivity contribution in [2.24, 2.45) is 0 Å². The lowest BCUT2D eigenvalue weighted by atomic mass is 10.2. The maximum Gasteiger partial charge on any atom is 0.263 e. The summed E-state index contributed by atoms with van der Waals surface area (Å²) in [5.41, 5.74) is 3.13. The first-order chi connectivity index (χ1) is 16.7. The van der Waals surface area contributed by atoms with Crippen LogP contribution in [0.15, 0.2) is 71.2 Å². The van der Waals surface area contributed by atoms with Crippen LogP contribution in [-0.4, -0.2) is 73.0 Å². The molecule has 1 aliphatic rings. The molecular formula is C22H25ClN4O6S3. The van der Waals surface area contributed by atoms with Gasteiger partial charge < -0.3 is 0 Å². The van der Waals surface area contributed by atoms with Crippen molar-refractivity contribution in [3.05, 3.63) is 72.6 Å². The summed E-state index contributed by atoms with van der Waals surface area (Å²) < 4.78 is 54.8. The first-order valence-corrected chi connectivity index (χ1v) is 14.6. The number of sulfonamides is 2. The SMILES string of the molecule is Cl.O=C(NO)[C@H]1CN(S(=O)(=O)CCc2ccncc2)CCN1S(=O)(=O)c1ccc(-c2ccccc2)s1. The van der Waals surface area contributed by atoms with E-state index in [2.05, 4.69) is 4.98 Å². The van der Waals surface area contributed by atoms with Crippen molar-refractivity contribution < 1.29 is 26.8 Å². The number of halogens is 1. The Bertz CT molecular complexity index is 1390. The first kappa shape index (κ1) is 28.2. The van der Waals surface area contributed by atoms with E-state index in [4.69, 9.17) is 0 Å². The summed E-state index contributed by atoms with van der Waals surface area (Å²) in [6, 6.07) is 14.4. The van der Waals surface area contributed by atoms with Crippen LogP contribution in [0.5, 0.6) is 0 Å². The Balaban J connectivity index is 0.00000361. The smallest absolute Gasteiger partial charge is 0.263 e. The van der Waals surface area contributed by atoms with E-state index in [1.165, 1.54) is 11.5 Å². The number of aryl methyl sites for hydroxylation is 1. The molecule has 10 nitrogen and oxygen atoms in total. The third-order valence-corrected chi connectivity index (χ3v) is 11.0. The number of benzene rings is 1. The maximum atomic E-state index is 13.4. The predicted molar refractivity (Wildman–Crippen MR) is 138 cm³/mol. The number of nitrogens with one attached hydrogen (secondary N) is 1. The molecule has 14 heteroatoms. The van der Waals surface area contributed by atoms with Crippen LogP contribution >= 0.6 is 23.7 Å². The first-order valence-electron chi connectivity index (χ1n) is 10.7. The summed E-state index contributed by atoms with van der Waals surface area (Å²) in [6.45, 7) is -0.737. The molecule has 1 aliphatic heterocycles. The summed E-state index contributed by atoms with van der Waals surface area (Å²) in [6.07, 6.45) is 3.39. The Morgan fingerprint density at radius 2 is 1.72 bits per heavy atom. The highest BCUT2D eigenvalue weighted by molar-refractivity contribution is 7.91. The highest BCUT2D eigenvalue weighted by atomic mass is 35.5. The molecule has 0 radical (unpaired) electrons. The molecule has 1 saturated heterocycles. The number of pyridine rings is 1. The van der Waals surface area contributed by atoms with Crippen LogP contribution in [0.25, 0.3) is 10.4 Å². The van der Waals surface area contributed by atoms with Crippen molar-refractivity contribution in [3.63, 3.8) is 0 Å². The third kappa shape index (κ3) is 6.11. The van der Waals surface area contributed by atoms with Crippen LogP contribution in [0.3, 0.4) is 0 Å². The van der Waals surface area contributed by atoms with E-state index < -0.39 is 38.5 Å². The standard InChI is InChI=1S/C22H24N4O6S3.ClH/c27-22(24-28)19-16-25(34(29,30)15-10-17-8-11-23-12-9-17)13-14-26(19)35(31,32)21-7-6-20(33-21)18-4-2-1-3-5-18;/h1-9,11-12,19,28H,10,13-16H2,(H,24,27);1H/t19-;/m1./s1. The monoisotopic (exact) mass is 572 g/mol.